The first-order chi connectivity index (χ1) is 31.4. The molecule has 4 nitrogen and oxygen atoms in total. The van der Waals surface area contributed by atoms with Crippen molar-refractivity contribution < 1.29 is 15.8 Å². The molecule has 0 saturated heterocycles. The van der Waals surface area contributed by atoms with Crippen molar-refractivity contribution >= 4 is 36.1 Å². The van der Waals surface area contributed by atoms with E-state index in [1.165, 1.54) is 202 Å². The van der Waals surface area contributed by atoms with Gasteiger partial charge in [0, 0.05) is 11.8 Å². The van der Waals surface area contributed by atoms with Gasteiger partial charge in [-0.25, -0.2) is 0 Å². The van der Waals surface area contributed by atoms with Gasteiger partial charge in [-0.3, -0.25) is 0 Å². The molecule has 7 heteroatoms. The summed E-state index contributed by atoms with van der Waals surface area (Å²) in [7, 11) is -1.74. The van der Waals surface area contributed by atoms with Crippen LogP contribution in [0.5, 0.6) is 0 Å². The first-order valence-electron chi connectivity index (χ1n) is 25.8. The molecule has 0 saturated carbocycles. The summed E-state index contributed by atoms with van der Waals surface area (Å²) >= 11 is -0.767. The summed E-state index contributed by atoms with van der Waals surface area (Å²) in [5.74, 6) is 1.05. The van der Waals surface area contributed by atoms with Crippen LogP contribution in [0, 0.1) is 0 Å². The Kier molecular flexibility index (Phi) is 32.9. The topological polar surface area (TPSA) is 36.9 Å². The molecule has 0 bridgehead atoms. The molecule has 4 aromatic rings. The second-order valence-electron chi connectivity index (χ2n) is 17.9. The van der Waals surface area contributed by atoms with Crippen LogP contribution in [0.3, 0.4) is 0 Å². The van der Waals surface area contributed by atoms with Crippen LogP contribution in [-0.2, 0) is 15.8 Å². The van der Waals surface area contributed by atoms with Gasteiger partial charge < -0.3 is 0 Å². The summed E-state index contributed by atoms with van der Waals surface area (Å²) in [5, 5.41) is 0. The van der Waals surface area contributed by atoms with Crippen LogP contribution in [0.15, 0.2) is 121 Å². The molecular formula is C56H86GeO4Si2. The monoisotopic (exact) mass is 953 g/mol. The van der Waals surface area contributed by atoms with Gasteiger partial charge in [-0.1, -0.05) is 186 Å². The normalized spacial score (nSPS) is 12.0. The van der Waals surface area contributed by atoms with Gasteiger partial charge in [0.1, 0.15) is 0 Å². The molecule has 0 fully saturated rings. The van der Waals surface area contributed by atoms with Crippen molar-refractivity contribution in [2.45, 2.75) is 192 Å². The molecule has 0 aliphatic carbocycles. The van der Waals surface area contributed by atoms with Crippen LogP contribution >= 0.6 is 0 Å². The van der Waals surface area contributed by atoms with Crippen molar-refractivity contribution in [3.63, 3.8) is 0 Å². The molecule has 0 amide bonds. The summed E-state index contributed by atoms with van der Waals surface area (Å²) in [6, 6.07) is 44.3. The van der Waals surface area contributed by atoms with Gasteiger partial charge >= 0.3 is 168 Å². The van der Waals surface area contributed by atoms with Gasteiger partial charge in [0.05, 0.1) is 0 Å². The first-order valence-corrected chi connectivity index (χ1v) is 29.8. The molecule has 2 radical (unpaired) electrons. The van der Waals surface area contributed by atoms with Crippen LogP contribution in [0.4, 0.5) is 0 Å². The molecule has 0 unspecified atom stereocenters. The summed E-state index contributed by atoms with van der Waals surface area (Å²) < 4.78 is 23.1. The van der Waals surface area contributed by atoms with E-state index in [1.54, 1.807) is 0 Å². The molecule has 0 aromatic heterocycles. The van der Waals surface area contributed by atoms with E-state index in [-0.39, 0.29) is 0 Å². The number of rotatable bonds is 42. The number of benzene rings is 4. The molecule has 0 atom stereocenters. The van der Waals surface area contributed by atoms with Gasteiger partial charge in [0.2, 0.25) is 0 Å². The van der Waals surface area contributed by atoms with E-state index in [0.717, 1.165) is 13.2 Å². The summed E-state index contributed by atoms with van der Waals surface area (Å²) in [5.41, 5.74) is 5.82. The van der Waals surface area contributed by atoms with Gasteiger partial charge in [0.15, 0.2) is 0 Å². The Morgan fingerprint density at radius 3 is 0.762 bits per heavy atom. The van der Waals surface area contributed by atoms with Crippen molar-refractivity contribution in [2.75, 3.05) is 13.2 Å². The maximum absolute atomic E-state index is 5.80. The van der Waals surface area contributed by atoms with E-state index in [0.29, 0.717) is 11.8 Å². The molecule has 4 rings (SSSR count). The fourth-order valence-electron chi connectivity index (χ4n) is 9.08. The molecule has 346 valence electrons. The number of hydrogen-bond donors (Lipinski definition) is 0. The minimum Gasteiger partial charge on any atom is -0.0622 e. The predicted molar refractivity (Wildman–Crippen MR) is 276 cm³/mol. The van der Waals surface area contributed by atoms with Crippen LogP contribution in [0.25, 0.3) is 0 Å². The van der Waals surface area contributed by atoms with Crippen molar-refractivity contribution in [3.8, 4) is 0 Å². The minimum absolute atomic E-state index is 0.526. The van der Waals surface area contributed by atoms with E-state index < -0.39 is 36.1 Å². The zero-order chi connectivity index (χ0) is 43.8. The Morgan fingerprint density at radius 1 is 0.286 bits per heavy atom. The second-order valence-corrected chi connectivity index (χ2v) is 23.8. The van der Waals surface area contributed by atoms with Crippen molar-refractivity contribution in [1.82, 2.24) is 0 Å². The van der Waals surface area contributed by atoms with Crippen LogP contribution in [-0.4, -0.2) is 49.3 Å². The molecule has 0 spiro atoms. The molecule has 63 heavy (non-hydrogen) atoms. The van der Waals surface area contributed by atoms with E-state index >= 15 is 0 Å². The van der Waals surface area contributed by atoms with Gasteiger partial charge in [-0.2, -0.15) is 0 Å². The fourth-order valence-corrected chi connectivity index (χ4v) is 13.5. The number of hydrogen-bond acceptors (Lipinski definition) is 4. The van der Waals surface area contributed by atoms with Crippen LogP contribution in [0.2, 0.25) is 0 Å². The average molecular weight is 952 g/mol. The van der Waals surface area contributed by atoms with E-state index in [2.05, 4.69) is 121 Å². The second kappa shape index (κ2) is 38.9. The Morgan fingerprint density at radius 2 is 0.508 bits per heavy atom. The van der Waals surface area contributed by atoms with E-state index in [4.69, 9.17) is 15.8 Å². The van der Waals surface area contributed by atoms with E-state index in [1.807, 2.05) is 0 Å². The molecule has 0 aliphatic rings. The average Bonchev–Trinajstić information content (AvgIpc) is 3.33. The molecular weight excluding hydrogens is 865 g/mol. The maximum atomic E-state index is 5.80. The van der Waals surface area contributed by atoms with Crippen molar-refractivity contribution in [3.05, 3.63) is 144 Å². The molecule has 0 aliphatic heterocycles. The zero-order valence-electron chi connectivity index (χ0n) is 39.5. The van der Waals surface area contributed by atoms with Crippen LogP contribution < -0.4 is 0 Å². The zero-order valence-corrected chi connectivity index (χ0v) is 44.4. The number of unbranched alkanes of at least 4 members (excludes halogenated alkanes) is 24. The quantitative estimate of drug-likeness (QED) is 0.0328. The predicted octanol–water partition coefficient (Wildman–Crippen LogP) is 15.2. The SMILES string of the molecule is c1ccc(C(CCCCCCCCCCCCCCCO[SiH2][O][Ge][O][SiH2]OCCCCCCCCCCCCCCCC(c2ccccc2)c2ccccc2)c2ccccc2)cc1. The van der Waals surface area contributed by atoms with Crippen LogP contribution in [0.1, 0.15) is 214 Å². The molecule has 4 aromatic carbocycles. The third-order valence-corrected chi connectivity index (χ3v) is 17.1. The van der Waals surface area contributed by atoms with Crippen molar-refractivity contribution in [2.24, 2.45) is 0 Å². The Bertz CT molecular complexity index is 1360. The van der Waals surface area contributed by atoms with Gasteiger partial charge in [-0.15, -0.1) is 0 Å². The Hall–Kier alpha value is -2.30. The molecule has 0 heterocycles. The summed E-state index contributed by atoms with van der Waals surface area (Å²) in [6.45, 7) is 1.72. The summed E-state index contributed by atoms with van der Waals surface area (Å²) in [6.07, 6.45) is 37.8. The smallest absolute Gasteiger partial charge is 0.0622 e. The third kappa shape index (κ3) is 27.1. The first kappa shape index (κ1) is 53.3. The fraction of sp³-hybridized carbons (Fsp3) is 0.571. The third-order valence-electron chi connectivity index (χ3n) is 12.8. The minimum atomic E-state index is -0.868. The summed E-state index contributed by atoms with van der Waals surface area (Å²) in [4.78, 5) is 0. The van der Waals surface area contributed by atoms with Gasteiger partial charge in [0.25, 0.3) is 0 Å². The van der Waals surface area contributed by atoms with Gasteiger partial charge in [-0.05, 0) is 35.1 Å². The van der Waals surface area contributed by atoms with Crippen molar-refractivity contribution in [1.29, 1.82) is 0 Å². The Balaban J connectivity index is 0.781. The standard InChI is InChI=1S/C56H86GeO4Si2/c1(3-7-11-15-19-35-47-55(51-39-27-23-28-40-51)52-41-29-24-30-42-52)5-9-13-17-21-37-49-58-62-60-57-61-63-59-50-38-22-18-14-10-6-2-4-8-12-16-20-36-48-56(53-43-31-25-32-44-53)54-45-33-26-34-46-54/h23-34,39-46,55-56H,1-22,35-38,47-50,62-63H2. The Labute approximate surface area is 398 Å². The molecule has 0 N–H and O–H groups in total. The van der Waals surface area contributed by atoms with E-state index in [9.17, 15) is 0 Å².